The van der Waals surface area contributed by atoms with Gasteiger partial charge in [-0.2, -0.15) is 0 Å². The Balaban J connectivity index is 1.85. The van der Waals surface area contributed by atoms with Crippen LogP contribution >= 0.6 is 12.2 Å². The minimum atomic E-state index is -0.363. The summed E-state index contributed by atoms with van der Waals surface area (Å²) < 4.78 is 36.3. The number of hydrogen-bond acceptors (Lipinski definition) is 7. The van der Waals surface area contributed by atoms with Gasteiger partial charge in [0.1, 0.15) is 22.7 Å². The number of nitrogens with one attached hydrogen (secondary N) is 1. The summed E-state index contributed by atoms with van der Waals surface area (Å²) in [6.07, 6.45) is 1.49. The number of rotatable bonds is 4. The van der Waals surface area contributed by atoms with Crippen LogP contribution in [0, 0.1) is 17.5 Å². The molecular weight excluding hydrogens is 447 g/mol. The van der Waals surface area contributed by atoms with E-state index in [-0.39, 0.29) is 32.5 Å². The standard InChI is InChI=1S/C24H17FN2O5S/c1-11-17(16-10-15(26-24(33)27-16)12-4-6-13(25)7-5-12)19(28)18-20(29-2)14-8-9-31-21(14)23(30-3)22(18)32-11/h4-10H,1-3H3,(H,26,27,33). The average molecular weight is 464 g/mol. The smallest absolute Gasteiger partial charge is 0.206 e. The van der Waals surface area contributed by atoms with E-state index in [1.165, 1.54) is 32.6 Å². The maximum Gasteiger partial charge on any atom is 0.206 e. The van der Waals surface area contributed by atoms with E-state index in [4.69, 9.17) is 30.5 Å². The van der Waals surface area contributed by atoms with Crippen molar-refractivity contribution in [1.82, 2.24) is 9.97 Å². The van der Waals surface area contributed by atoms with Crippen LogP contribution in [0.25, 0.3) is 44.5 Å². The second kappa shape index (κ2) is 7.86. The van der Waals surface area contributed by atoms with Crippen LogP contribution < -0.4 is 14.9 Å². The summed E-state index contributed by atoms with van der Waals surface area (Å²) in [4.78, 5) is 21.1. The van der Waals surface area contributed by atoms with E-state index >= 15 is 0 Å². The lowest BCUT2D eigenvalue weighted by Gasteiger charge is -2.13. The minimum absolute atomic E-state index is 0.167. The van der Waals surface area contributed by atoms with Gasteiger partial charge in [-0.15, -0.1) is 0 Å². The quantitative estimate of drug-likeness (QED) is 0.337. The SMILES string of the molecule is COc1c2occc2c(OC)c2c(=O)c(-c3cc(-c4ccc(F)cc4)nc(=S)[nH]3)c(C)oc12. The van der Waals surface area contributed by atoms with Crippen LogP contribution in [-0.4, -0.2) is 24.2 Å². The Morgan fingerprint density at radius 1 is 1.06 bits per heavy atom. The van der Waals surface area contributed by atoms with E-state index in [2.05, 4.69) is 9.97 Å². The Morgan fingerprint density at radius 3 is 2.48 bits per heavy atom. The van der Waals surface area contributed by atoms with Gasteiger partial charge in [0.15, 0.2) is 15.9 Å². The van der Waals surface area contributed by atoms with Gasteiger partial charge in [0.25, 0.3) is 0 Å². The van der Waals surface area contributed by atoms with Crippen LogP contribution in [0.15, 0.2) is 56.3 Å². The molecule has 0 saturated carbocycles. The molecule has 9 heteroatoms. The molecule has 0 saturated heterocycles. The number of hydrogen-bond donors (Lipinski definition) is 1. The van der Waals surface area contributed by atoms with Gasteiger partial charge in [0.2, 0.25) is 11.2 Å². The number of benzene rings is 2. The topological polar surface area (TPSA) is 90.5 Å². The lowest BCUT2D eigenvalue weighted by atomic mass is 10.0. The van der Waals surface area contributed by atoms with E-state index < -0.39 is 0 Å². The summed E-state index contributed by atoms with van der Waals surface area (Å²) in [5.41, 5.74) is 2.11. The Hall–Kier alpha value is -3.98. The van der Waals surface area contributed by atoms with Crippen LogP contribution in [0.3, 0.4) is 0 Å². The fraction of sp³-hybridized carbons (Fsp3) is 0.125. The number of halogens is 1. The van der Waals surface area contributed by atoms with Crippen molar-refractivity contribution < 1.29 is 22.7 Å². The van der Waals surface area contributed by atoms with Gasteiger partial charge in [-0.1, -0.05) is 0 Å². The van der Waals surface area contributed by atoms with Gasteiger partial charge < -0.3 is 23.3 Å². The molecule has 0 aliphatic rings. The van der Waals surface area contributed by atoms with Crippen molar-refractivity contribution in [3.05, 3.63) is 69.2 Å². The Morgan fingerprint density at radius 2 is 1.79 bits per heavy atom. The van der Waals surface area contributed by atoms with Crippen LogP contribution in [0.2, 0.25) is 0 Å². The summed E-state index contributed by atoms with van der Waals surface area (Å²) in [7, 11) is 2.95. The van der Waals surface area contributed by atoms with E-state index in [1.807, 2.05) is 0 Å². The molecule has 166 valence electrons. The number of aromatic amines is 1. The fourth-order valence-electron chi connectivity index (χ4n) is 3.98. The predicted octanol–water partition coefficient (Wildman–Crippen LogP) is 5.79. The van der Waals surface area contributed by atoms with Crippen LogP contribution in [0.5, 0.6) is 11.5 Å². The van der Waals surface area contributed by atoms with Gasteiger partial charge >= 0.3 is 0 Å². The largest absolute Gasteiger partial charge is 0.495 e. The number of fused-ring (bicyclic) bond motifs is 2. The summed E-state index contributed by atoms with van der Waals surface area (Å²) in [5.74, 6) is 0.585. The molecule has 3 aromatic heterocycles. The highest BCUT2D eigenvalue weighted by atomic mass is 32.1. The third kappa shape index (κ3) is 3.28. The van der Waals surface area contributed by atoms with Crippen molar-refractivity contribution in [3.8, 4) is 34.0 Å². The molecule has 0 fully saturated rings. The maximum atomic E-state index is 13.8. The van der Waals surface area contributed by atoms with Crippen molar-refractivity contribution >= 4 is 34.2 Å². The molecule has 3 heterocycles. The molecule has 1 N–H and O–H groups in total. The number of H-pyrrole nitrogens is 1. The zero-order chi connectivity index (χ0) is 23.3. The van der Waals surface area contributed by atoms with Crippen LogP contribution in [0.1, 0.15) is 5.76 Å². The Kier molecular flexibility index (Phi) is 4.98. The Bertz CT molecular complexity index is 1650. The second-order valence-corrected chi connectivity index (χ2v) is 7.68. The minimum Gasteiger partial charge on any atom is -0.495 e. The van der Waals surface area contributed by atoms with Gasteiger partial charge in [-0.25, -0.2) is 9.37 Å². The fourth-order valence-corrected chi connectivity index (χ4v) is 4.19. The first-order valence-corrected chi connectivity index (χ1v) is 10.3. The monoisotopic (exact) mass is 464 g/mol. The van der Waals surface area contributed by atoms with Crippen molar-refractivity contribution in [3.63, 3.8) is 0 Å². The summed E-state index contributed by atoms with van der Waals surface area (Å²) in [6.45, 7) is 1.67. The van der Waals surface area contributed by atoms with E-state index in [0.717, 1.165) is 0 Å². The summed E-state index contributed by atoms with van der Waals surface area (Å²) in [6, 6.07) is 9.22. The first kappa shape index (κ1) is 20.9. The van der Waals surface area contributed by atoms with Gasteiger partial charge in [-0.05, 0) is 55.5 Å². The number of nitrogens with zero attached hydrogens (tertiary/aromatic N) is 1. The molecule has 0 unspecified atom stereocenters. The van der Waals surface area contributed by atoms with Crippen molar-refractivity contribution in [2.45, 2.75) is 6.92 Å². The molecule has 5 rings (SSSR count). The molecule has 0 atom stereocenters. The molecule has 0 radical (unpaired) electrons. The van der Waals surface area contributed by atoms with Gasteiger partial charge in [0, 0.05) is 5.56 Å². The second-order valence-electron chi connectivity index (χ2n) is 7.29. The zero-order valence-electron chi connectivity index (χ0n) is 17.8. The van der Waals surface area contributed by atoms with Gasteiger partial charge in [-0.3, -0.25) is 4.79 Å². The number of furan rings is 1. The molecule has 33 heavy (non-hydrogen) atoms. The highest BCUT2D eigenvalue weighted by Crippen LogP contribution is 2.43. The molecule has 0 spiro atoms. The number of ether oxygens (including phenoxy) is 2. The number of methoxy groups -OCH3 is 2. The van der Waals surface area contributed by atoms with E-state index in [9.17, 15) is 9.18 Å². The van der Waals surface area contributed by atoms with E-state index in [0.29, 0.717) is 45.2 Å². The lowest BCUT2D eigenvalue weighted by Crippen LogP contribution is -2.11. The lowest BCUT2D eigenvalue weighted by molar-refractivity contribution is 0.399. The van der Waals surface area contributed by atoms with Crippen molar-refractivity contribution in [2.24, 2.45) is 0 Å². The Labute approximate surface area is 191 Å². The summed E-state index contributed by atoms with van der Waals surface area (Å²) in [5, 5.41) is 0.793. The first-order valence-electron chi connectivity index (χ1n) is 9.89. The molecular formula is C24H17FN2O5S. The van der Waals surface area contributed by atoms with E-state index in [1.54, 1.807) is 31.2 Å². The normalized spacial score (nSPS) is 11.3. The number of aromatic nitrogens is 2. The number of aryl methyl sites for hydroxylation is 1. The van der Waals surface area contributed by atoms with Gasteiger partial charge in [0.05, 0.1) is 42.8 Å². The highest BCUT2D eigenvalue weighted by Gasteiger charge is 2.25. The van der Waals surface area contributed by atoms with Crippen LogP contribution in [0.4, 0.5) is 4.39 Å². The molecule has 0 aliphatic heterocycles. The van der Waals surface area contributed by atoms with Crippen molar-refractivity contribution in [2.75, 3.05) is 14.2 Å². The molecule has 0 bridgehead atoms. The predicted molar refractivity (Wildman–Crippen MR) is 124 cm³/mol. The highest BCUT2D eigenvalue weighted by molar-refractivity contribution is 7.71. The summed E-state index contributed by atoms with van der Waals surface area (Å²) >= 11 is 5.30. The molecule has 7 nitrogen and oxygen atoms in total. The van der Waals surface area contributed by atoms with Crippen LogP contribution in [-0.2, 0) is 0 Å². The molecule has 0 aliphatic carbocycles. The maximum absolute atomic E-state index is 13.8. The third-order valence-corrected chi connectivity index (χ3v) is 5.59. The van der Waals surface area contributed by atoms with Crippen molar-refractivity contribution in [1.29, 1.82) is 0 Å². The average Bonchev–Trinajstić information content (AvgIpc) is 3.27. The molecule has 5 aromatic rings. The third-order valence-electron chi connectivity index (χ3n) is 5.40. The molecule has 0 amide bonds. The first-order chi connectivity index (χ1) is 15.9. The molecule has 2 aromatic carbocycles. The zero-order valence-corrected chi connectivity index (χ0v) is 18.6.